The molecule has 0 radical (unpaired) electrons. The zero-order valence-corrected chi connectivity index (χ0v) is 8.60. The lowest BCUT2D eigenvalue weighted by atomic mass is 9.97. The van der Waals surface area contributed by atoms with Crippen LogP contribution in [0.1, 0.15) is 6.92 Å². The van der Waals surface area contributed by atoms with Gasteiger partial charge in [0.05, 0.1) is 5.92 Å². The van der Waals surface area contributed by atoms with E-state index in [4.69, 9.17) is 0 Å². The van der Waals surface area contributed by atoms with E-state index in [1.807, 2.05) is 0 Å². The van der Waals surface area contributed by atoms with Crippen molar-refractivity contribution in [2.24, 2.45) is 11.8 Å². The van der Waals surface area contributed by atoms with Gasteiger partial charge in [-0.3, -0.25) is 10.1 Å². The zero-order valence-electron chi connectivity index (χ0n) is 8.60. The number of amides is 1. The van der Waals surface area contributed by atoms with Gasteiger partial charge in [0.1, 0.15) is 0 Å². The number of hydrogen-bond acceptors (Lipinski definition) is 4. The summed E-state index contributed by atoms with van der Waals surface area (Å²) in [4.78, 5) is 19.7. The molecule has 0 spiro atoms. The van der Waals surface area contributed by atoms with Crippen LogP contribution in [0.25, 0.3) is 0 Å². The molecule has 80 valence electrons. The Morgan fingerprint density at radius 1 is 1.47 bits per heavy atom. The molecular weight excluding hydrogens is 192 g/mol. The fourth-order valence-corrected chi connectivity index (χ4v) is 1.73. The minimum absolute atomic E-state index is 0.00120. The molecule has 2 unspecified atom stereocenters. The molecule has 2 atom stereocenters. The molecule has 5 nitrogen and oxygen atoms in total. The minimum atomic E-state index is -0.00120. The Morgan fingerprint density at radius 2 is 2.20 bits per heavy atom. The Labute approximate surface area is 88.3 Å². The average Bonchev–Trinajstić information content (AvgIpc) is 2.66. The van der Waals surface area contributed by atoms with Gasteiger partial charge in [-0.1, -0.05) is 6.92 Å². The van der Waals surface area contributed by atoms with Crippen LogP contribution >= 0.6 is 0 Å². The summed E-state index contributed by atoms with van der Waals surface area (Å²) in [6, 6.07) is 1.72. The Hall–Kier alpha value is -1.49. The molecule has 5 heteroatoms. The van der Waals surface area contributed by atoms with Gasteiger partial charge in [-0.25, -0.2) is 9.97 Å². The Morgan fingerprint density at radius 3 is 2.80 bits per heavy atom. The SMILES string of the molecule is CC1CNCC1C(=O)Nc1ncccn1. The molecule has 2 N–H and O–H groups in total. The van der Waals surface area contributed by atoms with E-state index in [1.54, 1.807) is 18.5 Å². The summed E-state index contributed by atoms with van der Waals surface area (Å²) in [5.74, 6) is 0.766. The quantitative estimate of drug-likeness (QED) is 0.729. The second-order valence-corrected chi connectivity index (χ2v) is 3.80. The predicted octanol–water partition coefficient (Wildman–Crippen LogP) is 0.271. The highest BCUT2D eigenvalue weighted by atomic mass is 16.2. The van der Waals surface area contributed by atoms with Crippen LogP contribution in [0.4, 0.5) is 5.95 Å². The van der Waals surface area contributed by atoms with Crippen molar-refractivity contribution in [3.8, 4) is 0 Å². The van der Waals surface area contributed by atoms with Crippen LogP contribution < -0.4 is 10.6 Å². The van der Waals surface area contributed by atoms with E-state index in [0.29, 0.717) is 11.9 Å². The summed E-state index contributed by atoms with van der Waals surface area (Å²) in [7, 11) is 0. The molecule has 1 aromatic rings. The minimum Gasteiger partial charge on any atom is -0.316 e. The number of nitrogens with one attached hydrogen (secondary N) is 2. The highest BCUT2D eigenvalue weighted by Gasteiger charge is 2.29. The number of hydrogen-bond donors (Lipinski definition) is 2. The number of nitrogens with zero attached hydrogens (tertiary/aromatic N) is 2. The smallest absolute Gasteiger partial charge is 0.231 e. The van der Waals surface area contributed by atoms with E-state index in [1.165, 1.54) is 0 Å². The molecule has 0 saturated carbocycles. The highest BCUT2D eigenvalue weighted by Crippen LogP contribution is 2.16. The molecule has 1 aliphatic heterocycles. The van der Waals surface area contributed by atoms with Crippen LogP contribution in [0.3, 0.4) is 0 Å². The van der Waals surface area contributed by atoms with Gasteiger partial charge in [0, 0.05) is 18.9 Å². The Kier molecular flexibility index (Phi) is 2.91. The Balaban J connectivity index is 1.98. The van der Waals surface area contributed by atoms with E-state index < -0.39 is 0 Å². The van der Waals surface area contributed by atoms with Crippen molar-refractivity contribution in [1.82, 2.24) is 15.3 Å². The van der Waals surface area contributed by atoms with Crippen molar-refractivity contribution in [3.63, 3.8) is 0 Å². The van der Waals surface area contributed by atoms with E-state index in [2.05, 4.69) is 27.5 Å². The molecule has 1 aliphatic rings. The zero-order chi connectivity index (χ0) is 10.7. The van der Waals surface area contributed by atoms with Gasteiger partial charge >= 0.3 is 0 Å². The van der Waals surface area contributed by atoms with Crippen LogP contribution in [0.2, 0.25) is 0 Å². The molecule has 0 aromatic carbocycles. The topological polar surface area (TPSA) is 66.9 Å². The summed E-state index contributed by atoms with van der Waals surface area (Å²) in [6.45, 7) is 3.70. The van der Waals surface area contributed by atoms with Crippen LogP contribution in [0, 0.1) is 11.8 Å². The molecule has 0 bridgehead atoms. The summed E-state index contributed by atoms with van der Waals surface area (Å²) in [6.07, 6.45) is 3.22. The van der Waals surface area contributed by atoms with Crippen LogP contribution in [0.5, 0.6) is 0 Å². The van der Waals surface area contributed by atoms with Crippen molar-refractivity contribution >= 4 is 11.9 Å². The average molecular weight is 206 g/mol. The van der Waals surface area contributed by atoms with Gasteiger partial charge in [-0.15, -0.1) is 0 Å². The normalized spacial score (nSPS) is 25.1. The molecule has 1 amide bonds. The van der Waals surface area contributed by atoms with Crippen molar-refractivity contribution in [2.75, 3.05) is 18.4 Å². The lowest BCUT2D eigenvalue weighted by Gasteiger charge is -2.12. The summed E-state index contributed by atoms with van der Waals surface area (Å²) < 4.78 is 0. The summed E-state index contributed by atoms with van der Waals surface area (Å²) in [5, 5.41) is 5.90. The monoisotopic (exact) mass is 206 g/mol. The largest absolute Gasteiger partial charge is 0.316 e. The number of carbonyl (C=O) groups is 1. The molecule has 1 aromatic heterocycles. The first-order valence-corrected chi connectivity index (χ1v) is 5.06. The van der Waals surface area contributed by atoms with Gasteiger partial charge < -0.3 is 5.32 Å². The van der Waals surface area contributed by atoms with Gasteiger partial charge in [0.25, 0.3) is 0 Å². The number of aromatic nitrogens is 2. The number of anilines is 1. The number of carbonyl (C=O) groups excluding carboxylic acids is 1. The lowest BCUT2D eigenvalue weighted by molar-refractivity contribution is -0.120. The predicted molar refractivity (Wildman–Crippen MR) is 56.2 cm³/mol. The van der Waals surface area contributed by atoms with Gasteiger partial charge in [0.2, 0.25) is 11.9 Å². The molecule has 2 rings (SSSR count). The standard InChI is InChI=1S/C10H14N4O/c1-7-5-11-6-8(7)9(15)14-10-12-3-2-4-13-10/h2-4,7-8,11H,5-6H2,1H3,(H,12,13,14,15). The second kappa shape index (κ2) is 4.35. The fraction of sp³-hybridized carbons (Fsp3) is 0.500. The molecule has 2 heterocycles. The third-order valence-corrected chi connectivity index (χ3v) is 2.65. The van der Waals surface area contributed by atoms with Gasteiger partial charge in [0.15, 0.2) is 0 Å². The molecule has 0 aliphatic carbocycles. The van der Waals surface area contributed by atoms with Crippen molar-refractivity contribution in [2.45, 2.75) is 6.92 Å². The third kappa shape index (κ3) is 2.30. The van der Waals surface area contributed by atoms with Crippen LogP contribution in [0.15, 0.2) is 18.5 Å². The fourth-order valence-electron chi connectivity index (χ4n) is 1.73. The molecule has 15 heavy (non-hydrogen) atoms. The maximum absolute atomic E-state index is 11.8. The van der Waals surface area contributed by atoms with E-state index >= 15 is 0 Å². The van der Waals surface area contributed by atoms with Crippen LogP contribution in [-0.4, -0.2) is 29.0 Å². The lowest BCUT2D eigenvalue weighted by Crippen LogP contribution is -2.28. The van der Waals surface area contributed by atoms with Crippen molar-refractivity contribution < 1.29 is 4.79 Å². The molecule has 1 saturated heterocycles. The summed E-state index contributed by atoms with van der Waals surface area (Å²) >= 11 is 0. The highest BCUT2D eigenvalue weighted by molar-refractivity contribution is 5.91. The van der Waals surface area contributed by atoms with E-state index in [9.17, 15) is 4.79 Å². The van der Waals surface area contributed by atoms with E-state index in [0.717, 1.165) is 13.1 Å². The second-order valence-electron chi connectivity index (χ2n) is 3.80. The maximum atomic E-state index is 11.8. The van der Waals surface area contributed by atoms with Gasteiger partial charge in [-0.2, -0.15) is 0 Å². The first-order chi connectivity index (χ1) is 7.27. The van der Waals surface area contributed by atoms with Crippen LogP contribution in [-0.2, 0) is 4.79 Å². The molecule has 1 fully saturated rings. The number of rotatable bonds is 2. The first-order valence-electron chi connectivity index (χ1n) is 5.06. The molecular formula is C10H14N4O. The van der Waals surface area contributed by atoms with Crippen molar-refractivity contribution in [1.29, 1.82) is 0 Å². The van der Waals surface area contributed by atoms with E-state index in [-0.39, 0.29) is 11.8 Å². The third-order valence-electron chi connectivity index (χ3n) is 2.65. The maximum Gasteiger partial charge on any atom is 0.231 e. The van der Waals surface area contributed by atoms with Gasteiger partial charge in [-0.05, 0) is 18.5 Å². The summed E-state index contributed by atoms with van der Waals surface area (Å²) in [5.41, 5.74) is 0. The first kappa shape index (κ1) is 10.0. The Bertz CT molecular complexity index is 341. The van der Waals surface area contributed by atoms with Crippen molar-refractivity contribution in [3.05, 3.63) is 18.5 Å².